The number of carbonyl (C=O) groups excluding carboxylic acids is 1. The van der Waals surface area contributed by atoms with E-state index in [9.17, 15) is 19.3 Å². The second kappa shape index (κ2) is 7.90. The van der Waals surface area contributed by atoms with Crippen LogP contribution < -0.4 is 10.6 Å². The zero-order valence-corrected chi connectivity index (χ0v) is 12.1. The van der Waals surface area contributed by atoms with E-state index < -0.39 is 22.3 Å². The van der Waals surface area contributed by atoms with Gasteiger partial charge in [0.25, 0.3) is 11.6 Å². The van der Waals surface area contributed by atoms with Crippen molar-refractivity contribution < 1.29 is 14.1 Å². The Morgan fingerprint density at radius 2 is 2.24 bits per heavy atom. The van der Waals surface area contributed by atoms with E-state index in [0.717, 1.165) is 44.0 Å². The maximum Gasteiger partial charge on any atom is 0.273 e. The molecular formula is C13H17ClFN3O3. The minimum absolute atomic E-state index is 0. The fourth-order valence-corrected chi connectivity index (χ4v) is 2.28. The molecular weight excluding hydrogens is 301 g/mol. The Bertz CT molecular complexity index is 521. The van der Waals surface area contributed by atoms with Crippen LogP contribution in [0.3, 0.4) is 0 Å². The first-order chi connectivity index (χ1) is 9.56. The molecule has 6 nitrogen and oxygen atoms in total. The molecule has 0 radical (unpaired) electrons. The third-order valence-electron chi connectivity index (χ3n) is 3.30. The van der Waals surface area contributed by atoms with Gasteiger partial charge in [0.05, 0.1) is 11.0 Å². The van der Waals surface area contributed by atoms with Gasteiger partial charge in [0.15, 0.2) is 0 Å². The van der Waals surface area contributed by atoms with Crippen molar-refractivity contribution in [2.75, 3.05) is 13.1 Å². The van der Waals surface area contributed by atoms with Crippen LogP contribution in [0.15, 0.2) is 18.2 Å². The lowest BCUT2D eigenvalue weighted by Gasteiger charge is -2.10. The Kier molecular flexibility index (Phi) is 6.51. The molecule has 0 saturated carbocycles. The van der Waals surface area contributed by atoms with E-state index >= 15 is 0 Å². The fraction of sp³-hybridized carbons (Fsp3) is 0.462. The van der Waals surface area contributed by atoms with Crippen molar-refractivity contribution in [2.24, 2.45) is 0 Å². The van der Waals surface area contributed by atoms with E-state index in [2.05, 4.69) is 10.6 Å². The molecule has 116 valence electrons. The Hall–Kier alpha value is -1.73. The Labute approximate surface area is 127 Å². The van der Waals surface area contributed by atoms with Crippen LogP contribution in [0, 0.1) is 15.9 Å². The van der Waals surface area contributed by atoms with Gasteiger partial charge in [-0.05, 0) is 31.9 Å². The van der Waals surface area contributed by atoms with Crippen molar-refractivity contribution in [1.82, 2.24) is 10.6 Å². The number of nitro groups is 1. The van der Waals surface area contributed by atoms with Crippen molar-refractivity contribution in [3.63, 3.8) is 0 Å². The number of nitro benzene ring substituents is 1. The van der Waals surface area contributed by atoms with Gasteiger partial charge in [0.1, 0.15) is 5.82 Å². The van der Waals surface area contributed by atoms with Gasteiger partial charge in [0, 0.05) is 24.2 Å². The molecule has 0 aromatic heterocycles. The lowest BCUT2D eigenvalue weighted by atomic mass is 10.1. The van der Waals surface area contributed by atoms with E-state index in [1.807, 2.05) is 0 Å². The number of rotatable bonds is 5. The highest BCUT2D eigenvalue weighted by Gasteiger charge is 2.16. The topological polar surface area (TPSA) is 84.3 Å². The summed E-state index contributed by atoms with van der Waals surface area (Å²) in [6.07, 6.45) is 3.01. The molecule has 0 aliphatic carbocycles. The summed E-state index contributed by atoms with van der Waals surface area (Å²) in [5.41, 5.74) is -0.455. The van der Waals surface area contributed by atoms with Crippen molar-refractivity contribution >= 4 is 24.0 Å². The molecule has 21 heavy (non-hydrogen) atoms. The molecule has 2 rings (SSSR count). The quantitative estimate of drug-likeness (QED) is 0.643. The smallest absolute Gasteiger partial charge is 0.273 e. The van der Waals surface area contributed by atoms with Crippen LogP contribution in [0.2, 0.25) is 0 Å². The molecule has 1 amide bonds. The van der Waals surface area contributed by atoms with Gasteiger partial charge >= 0.3 is 0 Å². The van der Waals surface area contributed by atoms with Crippen molar-refractivity contribution in [3.8, 4) is 0 Å². The van der Waals surface area contributed by atoms with Crippen LogP contribution in [0.5, 0.6) is 0 Å². The molecule has 1 fully saturated rings. The SMILES string of the molecule is Cl.O=C(NCC[C@H]1CCCN1)c1cc(F)cc([N+](=O)[O-])c1. The number of carbonyl (C=O) groups is 1. The van der Waals surface area contributed by atoms with Crippen molar-refractivity contribution in [3.05, 3.63) is 39.7 Å². The zero-order valence-electron chi connectivity index (χ0n) is 11.3. The number of nitrogens with zero attached hydrogens (tertiary/aromatic N) is 1. The number of benzene rings is 1. The predicted molar refractivity (Wildman–Crippen MR) is 78.3 cm³/mol. The fourth-order valence-electron chi connectivity index (χ4n) is 2.28. The number of amides is 1. The monoisotopic (exact) mass is 317 g/mol. The Morgan fingerprint density at radius 3 is 2.86 bits per heavy atom. The largest absolute Gasteiger partial charge is 0.352 e. The summed E-state index contributed by atoms with van der Waals surface area (Å²) in [6.45, 7) is 1.45. The van der Waals surface area contributed by atoms with Crippen LogP contribution in [0.4, 0.5) is 10.1 Å². The van der Waals surface area contributed by atoms with Gasteiger partial charge in [-0.25, -0.2) is 4.39 Å². The van der Waals surface area contributed by atoms with Gasteiger partial charge < -0.3 is 10.6 Å². The molecule has 0 unspecified atom stereocenters. The molecule has 0 bridgehead atoms. The van der Waals surface area contributed by atoms with E-state index in [4.69, 9.17) is 0 Å². The van der Waals surface area contributed by atoms with Crippen molar-refractivity contribution in [1.29, 1.82) is 0 Å². The van der Waals surface area contributed by atoms with Crippen molar-refractivity contribution in [2.45, 2.75) is 25.3 Å². The average molecular weight is 318 g/mol. The summed E-state index contributed by atoms with van der Waals surface area (Å²) in [5.74, 6) is -1.28. The highest BCUT2D eigenvalue weighted by molar-refractivity contribution is 5.94. The molecule has 1 aliphatic heterocycles. The second-order valence-corrected chi connectivity index (χ2v) is 4.79. The first-order valence-corrected chi connectivity index (χ1v) is 6.53. The summed E-state index contributed by atoms with van der Waals surface area (Å²) < 4.78 is 13.2. The van der Waals surface area contributed by atoms with E-state index in [1.54, 1.807) is 0 Å². The van der Waals surface area contributed by atoms with Gasteiger partial charge in [-0.15, -0.1) is 12.4 Å². The van der Waals surface area contributed by atoms with E-state index in [-0.39, 0.29) is 18.0 Å². The minimum atomic E-state index is -0.790. The molecule has 0 spiro atoms. The number of halogens is 2. The molecule has 1 aromatic rings. The van der Waals surface area contributed by atoms with Crippen LogP contribution in [-0.2, 0) is 0 Å². The standard InChI is InChI=1S/C13H16FN3O3.ClH/c14-10-6-9(7-12(8-10)17(19)20)13(18)16-5-3-11-2-1-4-15-11;/h6-8,11,15H,1-5H2,(H,16,18);1H/t11-;/m1./s1. The van der Waals surface area contributed by atoms with Gasteiger partial charge in [-0.3, -0.25) is 14.9 Å². The molecule has 2 N–H and O–H groups in total. The van der Waals surface area contributed by atoms with E-state index in [0.29, 0.717) is 12.6 Å². The lowest BCUT2D eigenvalue weighted by molar-refractivity contribution is -0.385. The molecule has 1 atom stereocenters. The average Bonchev–Trinajstić information content (AvgIpc) is 2.91. The molecule has 1 heterocycles. The van der Waals surface area contributed by atoms with Gasteiger partial charge in [0.2, 0.25) is 0 Å². The normalized spacial score (nSPS) is 17.1. The Morgan fingerprint density at radius 1 is 1.48 bits per heavy atom. The van der Waals surface area contributed by atoms with Crippen LogP contribution in [-0.4, -0.2) is 30.0 Å². The highest BCUT2D eigenvalue weighted by atomic mass is 35.5. The lowest BCUT2D eigenvalue weighted by Crippen LogP contribution is -2.30. The number of non-ortho nitro benzene ring substituents is 1. The Balaban J connectivity index is 0.00000220. The highest BCUT2D eigenvalue weighted by Crippen LogP contribution is 2.16. The molecule has 1 aliphatic rings. The third-order valence-corrected chi connectivity index (χ3v) is 3.30. The summed E-state index contributed by atoms with van der Waals surface area (Å²) in [5, 5.41) is 16.6. The number of hydrogen-bond acceptors (Lipinski definition) is 4. The maximum absolute atomic E-state index is 13.2. The number of nitrogens with one attached hydrogen (secondary N) is 2. The van der Waals surface area contributed by atoms with Gasteiger partial charge in [-0.2, -0.15) is 0 Å². The summed E-state index contributed by atoms with van der Waals surface area (Å²) in [6, 6.07) is 3.26. The summed E-state index contributed by atoms with van der Waals surface area (Å²) in [4.78, 5) is 21.7. The zero-order chi connectivity index (χ0) is 14.5. The first kappa shape index (κ1) is 17.3. The van der Waals surface area contributed by atoms with Crippen LogP contribution in [0.25, 0.3) is 0 Å². The first-order valence-electron chi connectivity index (χ1n) is 6.53. The molecule has 8 heteroatoms. The van der Waals surface area contributed by atoms with Crippen LogP contribution in [0.1, 0.15) is 29.6 Å². The minimum Gasteiger partial charge on any atom is -0.352 e. The van der Waals surface area contributed by atoms with E-state index in [1.165, 1.54) is 0 Å². The summed E-state index contributed by atoms with van der Waals surface area (Å²) >= 11 is 0. The maximum atomic E-state index is 13.2. The number of hydrogen-bond donors (Lipinski definition) is 2. The third kappa shape index (κ3) is 4.95. The molecule has 1 saturated heterocycles. The summed E-state index contributed by atoms with van der Waals surface area (Å²) in [7, 11) is 0. The molecule has 1 aromatic carbocycles. The van der Waals surface area contributed by atoms with Gasteiger partial charge in [-0.1, -0.05) is 0 Å². The van der Waals surface area contributed by atoms with Crippen LogP contribution >= 0.6 is 12.4 Å². The predicted octanol–water partition coefficient (Wildman–Crippen LogP) is 2.03. The second-order valence-electron chi connectivity index (χ2n) is 4.79.